The van der Waals surface area contributed by atoms with Gasteiger partial charge in [-0.05, 0) is 47.5 Å². The van der Waals surface area contributed by atoms with E-state index < -0.39 is 5.91 Å². The van der Waals surface area contributed by atoms with Gasteiger partial charge in [0.2, 0.25) is 12.7 Å². The van der Waals surface area contributed by atoms with E-state index in [4.69, 9.17) is 14.2 Å². The Morgan fingerprint density at radius 2 is 1.86 bits per heavy atom. The summed E-state index contributed by atoms with van der Waals surface area (Å²) in [4.78, 5) is 23.5. The number of nitrogens with one attached hydrogen (secondary N) is 2. The topological polar surface area (TPSA) is 98.2 Å². The molecular weight excluding hydrogens is 362 g/mol. The van der Waals surface area contributed by atoms with Gasteiger partial charge in [0.15, 0.2) is 11.5 Å². The number of rotatable bonds is 7. The molecule has 8 heteroatoms. The molecule has 0 saturated carbocycles. The molecule has 0 saturated heterocycles. The Morgan fingerprint density at radius 1 is 1.11 bits per heavy atom. The van der Waals surface area contributed by atoms with Crippen molar-refractivity contribution in [2.45, 2.75) is 0 Å². The molecule has 8 nitrogen and oxygen atoms in total. The lowest BCUT2D eigenvalue weighted by molar-refractivity contribution is -0.123. The van der Waals surface area contributed by atoms with Gasteiger partial charge in [-0.15, -0.1) is 0 Å². The van der Waals surface area contributed by atoms with Crippen LogP contribution in [0, 0.1) is 0 Å². The molecular formula is C20H19N3O5. The summed E-state index contributed by atoms with van der Waals surface area (Å²) < 4.78 is 15.6. The first-order valence-corrected chi connectivity index (χ1v) is 8.45. The summed E-state index contributed by atoms with van der Waals surface area (Å²) in [5, 5.41) is 6.34. The standard InChI is InChI=1S/C20H19N3O5/c1-26-16-6-2-14(3-7-16)5-9-19(24)21-12-20(25)23-22-11-15-4-8-17-18(10-15)28-13-27-17/h2-11H,12-13H2,1H3,(H,21,24)(H,23,25). The number of hydrogen-bond donors (Lipinski definition) is 2. The van der Waals surface area contributed by atoms with Gasteiger partial charge in [-0.2, -0.15) is 5.10 Å². The maximum atomic E-state index is 11.8. The van der Waals surface area contributed by atoms with Crippen LogP contribution < -0.4 is 25.0 Å². The Morgan fingerprint density at radius 3 is 2.64 bits per heavy atom. The maximum absolute atomic E-state index is 11.8. The molecule has 0 bridgehead atoms. The highest BCUT2D eigenvalue weighted by Crippen LogP contribution is 2.31. The lowest BCUT2D eigenvalue weighted by atomic mass is 10.2. The van der Waals surface area contributed by atoms with Crippen molar-refractivity contribution in [3.8, 4) is 17.2 Å². The van der Waals surface area contributed by atoms with Crippen LogP contribution in [0.2, 0.25) is 0 Å². The number of carbonyl (C=O) groups excluding carboxylic acids is 2. The van der Waals surface area contributed by atoms with Crippen LogP contribution in [0.4, 0.5) is 0 Å². The first-order chi connectivity index (χ1) is 13.6. The smallest absolute Gasteiger partial charge is 0.259 e. The molecule has 3 rings (SSSR count). The Kier molecular flexibility index (Phi) is 6.25. The quantitative estimate of drug-likeness (QED) is 0.432. The third-order valence-corrected chi connectivity index (χ3v) is 3.77. The van der Waals surface area contributed by atoms with E-state index in [1.54, 1.807) is 43.5 Å². The molecule has 1 aliphatic heterocycles. The van der Waals surface area contributed by atoms with E-state index in [2.05, 4.69) is 15.8 Å². The summed E-state index contributed by atoms with van der Waals surface area (Å²) in [5.74, 6) is 1.21. The summed E-state index contributed by atoms with van der Waals surface area (Å²) in [6.45, 7) is 0.00351. The van der Waals surface area contributed by atoms with Crippen molar-refractivity contribution in [1.29, 1.82) is 0 Å². The summed E-state index contributed by atoms with van der Waals surface area (Å²) >= 11 is 0. The molecule has 28 heavy (non-hydrogen) atoms. The zero-order chi connectivity index (χ0) is 19.8. The molecule has 0 aliphatic carbocycles. The van der Waals surface area contributed by atoms with Gasteiger partial charge >= 0.3 is 0 Å². The van der Waals surface area contributed by atoms with E-state index in [-0.39, 0.29) is 19.2 Å². The average molecular weight is 381 g/mol. The van der Waals surface area contributed by atoms with E-state index in [0.717, 1.165) is 16.9 Å². The van der Waals surface area contributed by atoms with Gasteiger partial charge in [-0.1, -0.05) is 12.1 Å². The van der Waals surface area contributed by atoms with Crippen molar-refractivity contribution < 1.29 is 23.8 Å². The van der Waals surface area contributed by atoms with Crippen LogP contribution in [-0.4, -0.2) is 38.5 Å². The van der Waals surface area contributed by atoms with E-state index in [1.807, 2.05) is 12.1 Å². The van der Waals surface area contributed by atoms with Crippen molar-refractivity contribution >= 4 is 24.1 Å². The Bertz CT molecular complexity index is 907. The zero-order valence-corrected chi connectivity index (χ0v) is 15.2. The van der Waals surface area contributed by atoms with Gasteiger partial charge < -0.3 is 19.5 Å². The second kappa shape index (κ2) is 9.22. The first-order valence-electron chi connectivity index (χ1n) is 8.45. The van der Waals surface area contributed by atoms with Gasteiger partial charge in [0.1, 0.15) is 5.75 Å². The lowest BCUT2D eigenvalue weighted by Crippen LogP contribution is -2.34. The molecule has 144 valence electrons. The fourth-order valence-corrected chi connectivity index (χ4v) is 2.33. The minimum atomic E-state index is -0.441. The number of hydrogen-bond acceptors (Lipinski definition) is 6. The average Bonchev–Trinajstić information content (AvgIpc) is 3.19. The van der Waals surface area contributed by atoms with Crippen molar-refractivity contribution in [2.75, 3.05) is 20.4 Å². The number of hydrazone groups is 1. The highest BCUT2D eigenvalue weighted by molar-refractivity contribution is 5.94. The van der Waals surface area contributed by atoms with Crippen molar-refractivity contribution in [3.63, 3.8) is 0 Å². The fraction of sp³-hybridized carbons (Fsp3) is 0.150. The fourth-order valence-electron chi connectivity index (χ4n) is 2.33. The van der Waals surface area contributed by atoms with Crippen molar-refractivity contribution in [3.05, 3.63) is 59.7 Å². The summed E-state index contributed by atoms with van der Waals surface area (Å²) in [6.07, 6.45) is 4.47. The Hall–Kier alpha value is -3.81. The molecule has 2 aromatic rings. The molecule has 2 amide bonds. The van der Waals surface area contributed by atoms with Crippen LogP contribution in [0.3, 0.4) is 0 Å². The van der Waals surface area contributed by atoms with Gasteiger partial charge in [-0.3, -0.25) is 9.59 Å². The normalized spacial score (nSPS) is 12.3. The van der Waals surface area contributed by atoms with Crippen molar-refractivity contribution in [1.82, 2.24) is 10.7 Å². The van der Waals surface area contributed by atoms with Crippen molar-refractivity contribution in [2.24, 2.45) is 5.10 Å². The molecule has 0 radical (unpaired) electrons. The molecule has 0 aromatic heterocycles. The van der Waals surface area contributed by atoms with E-state index in [9.17, 15) is 9.59 Å². The molecule has 0 atom stereocenters. The number of nitrogens with zero attached hydrogens (tertiary/aromatic N) is 1. The number of ether oxygens (including phenoxy) is 3. The molecule has 0 spiro atoms. The first kappa shape index (κ1) is 19.0. The summed E-state index contributed by atoms with van der Waals surface area (Å²) in [5.41, 5.74) is 3.93. The lowest BCUT2D eigenvalue weighted by Gasteiger charge is -2.02. The second-order valence-corrected chi connectivity index (χ2v) is 5.73. The molecule has 2 aromatic carbocycles. The minimum absolute atomic E-state index is 0.190. The molecule has 2 N–H and O–H groups in total. The third-order valence-electron chi connectivity index (χ3n) is 3.77. The van der Waals surface area contributed by atoms with Gasteiger partial charge in [0.25, 0.3) is 5.91 Å². The maximum Gasteiger partial charge on any atom is 0.259 e. The highest BCUT2D eigenvalue weighted by Gasteiger charge is 2.12. The van der Waals surface area contributed by atoms with E-state index >= 15 is 0 Å². The highest BCUT2D eigenvalue weighted by atomic mass is 16.7. The number of carbonyl (C=O) groups is 2. The van der Waals surface area contributed by atoms with Crippen LogP contribution in [-0.2, 0) is 9.59 Å². The van der Waals surface area contributed by atoms with Crippen LogP contribution in [0.1, 0.15) is 11.1 Å². The largest absolute Gasteiger partial charge is 0.497 e. The Labute approximate surface area is 161 Å². The SMILES string of the molecule is COc1ccc(C=CC(=O)NCC(=O)NN=Cc2ccc3c(c2)OCO3)cc1. The molecule has 1 heterocycles. The minimum Gasteiger partial charge on any atom is -0.497 e. The monoisotopic (exact) mass is 381 g/mol. The number of fused-ring (bicyclic) bond motifs is 1. The molecule has 0 fully saturated rings. The summed E-state index contributed by atoms with van der Waals surface area (Å²) in [6, 6.07) is 12.5. The summed E-state index contributed by atoms with van der Waals surface area (Å²) in [7, 11) is 1.59. The van der Waals surface area contributed by atoms with Crippen LogP contribution in [0.25, 0.3) is 6.08 Å². The Balaban J connectivity index is 1.40. The van der Waals surface area contributed by atoms with E-state index in [0.29, 0.717) is 11.5 Å². The molecule has 0 unspecified atom stereocenters. The second-order valence-electron chi connectivity index (χ2n) is 5.73. The predicted octanol–water partition coefficient (Wildman–Crippen LogP) is 1.70. The van der Waals surface area contributed by atoms with Crippen LogP contribution in [0.5, 0.6) is 17.2 Å². The number of benzene rings is 2. The molecule has 1 aliphatic rings. The van der Waals surface area contributed by atoms with Gasteiger partial charge in [-0.25, -0.2) is 5.43 Å². The van der Waals surface area contributed by atoms with Crippen LogP contribution in [0.15, 0.2) is 53.6 Å². The number of amides is 2. The van der Waals surface area contributed by atoms with Gasteiger partial charge in [0, 0.05) is 6.08 Å². The van der Waals surface area contributed by atoms with Gasteiger partial charge in [0.05, 0.1) is 19.9 Å². The third kappa shape index (κ3) is 5.34. The zero-order valence-electron chi connectivity index (χ0n) is 15.2. The van der Waals surface area contributed by atoms with E-state index in [1.165, 1.54) is 12.3 Å². The predicted molar refractivity (Wildman–Crippen MR) is 103 cm³/mol. The van der Waals surface area contributed by atoms with Crippen LogP contribution >= 0.6 is 0 Å². The number of methoxy groups -OCH3 is 1.